The third-order valence-corrected chi connectivity index (χ3v) is 5.65. The molecule has 1 spiro atoms. The van der Waals surface area contributed by atoms with Crippen molar-refractivity contribution in [2.45, 2.75) is 32.1 Å². The van der Waals surface area contributed by atoms with Crippen molar-refractivity contribution in [2.75, 3.05) is 11.8 Å². The molecular formula is C19H18Cl2N2O2. The summed E-state index contributed by atoms with van der Waals surface area (Å²) >= 11 is 11.5. The molecule has 0 heterocycles. The monoisotopic (exact) mass is 376 g/mol. The van der Waals surface area contributed by atoms with Crippen molar-refractivity contribution < 1.29 is 9.59 Å². The van der Waals surface area contributed by atoms with Crippen molar-refractivity contribution in [1.29, 1.82) is 5.26 Å². The van der Waals surface area contributed by atoms with Gasteiger partial charge in [-0.25, -0.2) is 4.90 Å². The van der Waals surface area contributed by atoms with Crippen LogP contribution in [0, 0.1) is 16.7 Å². The number of benzene rings is 1. The first-order chi connectivity index (χ1) is 12.1. The van der Waals surface area contributed by atoms with E-state index in [1.54, 1.807) is 0 Å². The molecule has 0 atom stereocenters. The van der Waals surface area contributed by atoms with Crippen LogP contribution in [-0.4, -0.2) is 28.5 Å². The molecule has 25 heavy (non-hydrogen) atoms. The Morgan fingerprint density at radius 2 is 1.72 bits per heavy atom. The first kappa shape index (κ1) is 18.0. The lowest BCUT2D eigenvalue weighted by molar-refractivity contribution is -0.137. The molecule has 130 valence electrons. The fraction of sp³-hybridized carbons (Fsp3) is 0.421. The second-order valence-electron chi connectivity index (χ2n) is 6.55. The van der Waals surface area contributed by atoms with Crippen molar-refractivity contribution >= 4 is 40.7 Å². The minimum Gasteiger partial charge on any atom is -0.273 e. The number of amides is 2. The van der Waals surface area contributed by atoms with Crippen LogP contribution in [0.2, 0.25) is 0 Å². The topological polar surface area (TPSA) is 61.2 Å². The summed E-state index contributed by atoms with van der Waals surface area (Å²) in [5.74, 6) is -1.81. The standard InChI is InChI=1S/C19H18Cl2N2O2/c20-10-16(24)23(17(25)11-21)18-14-6-2-1-5-13(14)9-19(15(18)12-22)7-3-4-8-19/h1-2,5-6H,3-4,7-11H2. The van der Waals surface area contributed by atoms with E-state index in [-0.39, 0.29) is 17.2 Å². The van der Waals surface area contributed by atoms with Gasteiger partial charge < -0.3 is 0 Å². The highest BCUT2D eigenvalue weighted by molar-refractivity contribution is 6.33. The normalized spacial score (nSPS) is 18.0. The molecule has 4 nitrogen and oxygen atoms in total. The van der Waals surface area contributed by atoms with Crippen LogP contribution in [0.5, 0.6) is 0 Å². The minimum atomic E-state index is -0.556. The lowest BCUT2D eigenvalue weighted by atomic mass is 9.68. The summed E-state index contributed by atoms with van der Waals surface area (Å²) in [7, 11) is 0. The van der Waals surface area contributed by atoms with Crippen LogP contribution in [0.1, 0.15) is 36.8 Å². The molecule has 0 radical (unpaired) electrons. The Bertz CT molecular complexity index is 773. The maximum absolute atomic E-state index is 12.5. The molecule has 0 aromatic heterocycles. The zero-order valence-corrected chi connectivity index (χ0v) is 15.2. The SMILES string of the molecule is N#CC1=C(N(C(=O)CCl)C(=O)CCl)c2ccccc2CC12CCCC2. The maximum atomic E-state index is 12.5. The Labute approximate surface area is 157 Å². The smallest absolute Gasteiger partial charge is 0.248 e. The van der Waals surface area contributed by atoms with Gasteiger partial charge in [0.15, 0.2) is 0 Å². The van der Waals surface area contributed by atoms with Gasteiger partial charge in [-0.05, 0) is 24.8 Å². The van der Waals surface area contributed by atoms with E-state index in [9.17, 15) is 14.9 Å². The highest BCUT2D eigenvalue weighted by Gasteiger charge is 2.45. The second-order valence-corrected chi connectivity index (χ2v) is 7.08. The number of carbonyl (C=O) groups is 2. The summed E-state index contributed by atoms with van der Waals surface area (Å²) in [6, 6.07) is 9.94. The molecule has 0 N–H and O–H groups in total. The van der Waals surface area contributed by atoms with E-state index >= 15 is 0 Å². The van der Waals surface area contributed by atoms with Crippen LogP contribution in [0.4, 0.5) is 0 Å². The van der Waals surface area contributed by atoms with Crippen LogP contribution >= 0.6 is 23.2 Å². The lowest BCUT2D eigenvalue weighted by Crippen LogP contribution is -2.41. The van der Waals surface area contributed by atoms with Crippen LogP contribution in [0.15, 0.2) is 29.8 Å². The molecule has 0 bridgehead atoms. The number of rotatable bonds is 3. The summed E-state index contributed by atoms with van der Waals surface area (Å²) < 4.78 is 0. The van der Waals surface area contributed by atoms with E-state index in [0.717, 1.165) is 48.1 Å². The van der Waals surface area contributed by atoms with Gasteiger partial charge in [0.25, 0.3) is 0 Å². The van der Waals surface area contributed by atoms with E-state index in [1.165, 1.54) is 0 Å². The summed E-state index contributed by atoms with van der Waals surface area (Å²) in [5, 5.41) is 9.95. The molecular weight excluding hydrogens is 359 g/mol. The molecule has 2 amide bonds. The number of halogens is 2. The number of nitrogens with zero attached hydrogens (tertiary/aromatic N) is 2. The summed E-state index contributed by atoms with van der Waals surface area (Å²) in [4.78, 5) is 25.9. The molecule has 3 rings (SSSR count). The van der Waals surface area contributed by atoms with Gasteiger partial charge in [0.05, 0.1) is 17.3 Å². The number of allylic oxidation sites excluding steroid dienone is 1. The van der Waals surface area contributed by atoms with Crippen molar-refractivity contribution in [2.24, 2.45) is 5.41 Å². The molecule has 1 fully saturated rings. The number of carbonyl (C=O) groups excluding carboxylic acids is 2. The second kappa shape index (κ2) is 7.19. The number of alkyl halides is 2. The molecule has 0 saturated heterocycles. The van der Waals surface area contributed by atoms with Crippen molar-refractivity contribution in [3.63, 3.8) is 0 Å². The van der Waals surface area contributed by atoms with Gasteiger partial charge in [0, 0.05) is 11.0 Å². The third-order valence-electron chi connectivity index (χ3n) is 5.19. The molecule has 0 aliphatic heterocycles. The predicted molar refractivity (Wildman–Crippen MR) is 96.9 cm³/mol. The van der Waals surface area contributed by atoms with Gasteiger partial charge in [-0.1, -0.05) is 37.1 Å². The Morgan fingerprint density at radius 1 is 1.12 bits per heavy atom. The molecule has 2 aliphatic rings. The van der Waals surface area contributed by atoms with Crippen LogP contribution in [0.3, 0.4) is 0 Å². The predicted octanol–water partition coefficient (Wildman–Crippen LogP) is 3.87. The fourth-order valence-electron chi connectivity index (χ4n) is 4.13. The highest BCUT2D eigenvalue weighted by Crippen LogP contribution is 2.53. The van der Waals surface area contributed by atoms with Crippen LogP contribution in [-0.2, 0) is 16.0 Å². The first-order valence-electron chi connectivity index (χ1n) is 8.29. The van der Waals surface area contributed by atoms with Gasteiger partial charge in [0.1, 0.15) is 11.8 Å². The van der Waals surface area contributed by atoms with E-state index < -0.39 is 11.8 Å². The van der Waals surface area contributed by atoms with Gasteiger partial charge in [0.2, 0.25) is 11.8 Å². The summed E-state index contributed by atoms with van der Waals surface area (Å²) in [6.45, 7) is 0. The molecule has 1 aromatic rings. The number of hydrogen-bond acceptors (Lipinski definition) is 3. The number of hydrogen-bond donors (Lipinski definition) is 0. The van der Waals surface area contributed by atoms with Crippen molar-refractivity contribution in [3.05, 3.63) is 41.0 Å². The van der Waals surface area contributed by atoms with Gasteiger partial charge >= 0.3 is 0 Å². The van der Waals surface area contributed by atoms with Gasteiger partial charge in [-0.3, -0.25) is 9.59 Å². The molecule has 6 heteroatoms. The molecule has 1 aromatic carbocycles. The average molecular weight is 377 g/mol. The number of fused-ring (bicyclic) bond motifs is 1. The largest absolute Gasteiger partial charge is 0.273 e. The van der Waals surface area contributed by atoms with E-state index in [2.05, 4.69) is 6.07 Å². The summed E-state index contributed by atoms with van der Waals surface area (Å²) in [6.07, 6.45) is 4.59. The quantitative estimate of drug-likeness (QED) is 0.752. The van der Waals surface area contributed by atoms with E-state index in [1.807, 2.05) is 24.3 Å². The van der Waals surface area contributed by atoms with Crippen molar-refractivity contribution in [1.82, 2.24) is 4.90 Å². The maximum Gasteiger partial charge on any atom is 0.248 e. The van der Waals surface area contributed by atoms with E-state index in [4.69, 9.17) is 23.2 Å². The van der Waals surface area contributed by atoms with Crippen LogP contribution in [0.25, 0.3) is 5.70 Å². The Kier molecular flexibility index (Phi) is 5.17. The zero-order valence-electron chi connectivity index (χ0n) is 13.7. The van der Waals surface area contributed by atoms with E-state index in [0.29, 0.717) is 11.3 Å². The average Bonchev–Trinajstić information content (AvgIpc) is 3.09. The van der Waals surface area contributed by atoms with Gasteiger partial charge in [-0.2, -0.15) is 5.26 Å². The Morgan fingerprint density at radius 3 is 2.28 bits per heavy atom. The molecule has 0 unspecified atom stereocenters. The number of imide groups is 1. The van der Waals surface area contributed by atoms with Crippen molar-refractivity contribution in [3.8, 4) is 6.07 Å². The third kappa shape index (κ3) is 2.96. The summed E-state index contributed by atoms with van der Waals surface area (Å²) in [5.41, 5.74) is 2.38. The molecule has 2 aliphatic carbocycles. The fourth-order valence-corrected chi connectivity index (χ4v) is 4.37. The lowest BCUT2D eigenvalue weighted by Gasteiger charge is -2.38. The Hall–Kier alpha value is -1.83. The highest BCUT2D eigenvalue weighted by atomic mass is 35.5. The first-order valence-corrected chi connectivity index (χ1v) is 9.35. The molecule has 1 saturated carbocycles. The van der Waals surface area contributed by atoms with Crippen LogP contribution < -0.4 is 0 Å². The zero-order chi connectivity index (χ0) is 18.0. The number of nitriles is 1. The minimum absolute atomic E-state index is 0.310. The Balaban J connectivity index is 2.30. The van der Waals surface area contributed by atoms with Gasteiger partial charge in [-0.15, -0.1) is 23.2 Å².